The molecular formula is C14H22O2. The van der Waals surface area contributed by atoms with Crippen LogP contribution in [0, 0.1) is 11.8 Å². The van der Waals surface area contributed by atoms with E-state index >= 15 is 0 Å². The van der Waals surface area contributed by atoms with Gasteiger partial charge in [-0.1, -0.05) is 30.7 Å². The summed E-state index contributed by atoms with van der Waals surface area (Å²) in [5.74, 6) is 0.634. The predicted molar refractivity (Wildman–Crippen MR) is 66.1 cm³/mol. The summed E-state index contributed by atoms with van der Waals surface area (Å²) in [5.41, 5.74) is 2.21. The number of aliphatic hydroxyl groups excluding tert-OH is 1. The van der Waals surface area contributed by atoms with E-state index in [1.54, 1.807) is 0 Å². The molecule has 0 aliphatic heterocycles. The van der Waals surface area contributed by atoms with E-state index < -0.39 is 0 Å². The van der Waals surface area contributed by atoms with Gasteiger partial charge in [0.2, 0.25) is 0 Å². The molecule has 0 radical (unpaired) electrons. The molecule has 0 amide bonds. The number of aldehydes is 1. The van der Waals surface area contributed by atoms with E-state index in [4.69, 9.17) is 0 Å². The average Bonchev–Trinajstić information content (AvgIpc) is 2.25. The van der Waals surface area contributed by atoms with Gasteiger partial charge in [-0.05, 0) is 38.5 Å². The summed E-state index contributed by atoms with van der Waals surface area (Å²) in [5, 5.41) is 9.64. The summed E-state index contributed by atoms with van der Waals surface area (Å²) in [6.45, 7) is 7.72. The van der Waals surface area contributed by atoms with Crippen LogP contribution in [0.25, 0.3) is 0 Å². The Morgan fingerprint density at radius 2 is 2.44 bits per heavy atom. The molecule has 0 bridgehead atoms. The lowest BCUT2D eigenvalue weighted by molar-refractivity contribution is -0.112. The van der Waals surface area contributed by atoms with Crippen molar-refractivity contribution in [3.8, 4) is 0 Å². The third-order valence-corrected chi connectivity index (χ3v) is 3.48. The molecule has 3 atom stereocenters. The number of carbonyl (C=O) groups is 1. The molecule has 90 valence electrons. The highest BCUT2D eigenvalue weighted by Gasteiger charge is 2.21. The Kier molecular flexibility index (Phi) is 4.94. The first-order valence-electron chi connectivity index (χ1n) is 6.01. The van der Waals surface area contributed by atoms with Gasteiger partial charge in [0.05, 0.1) is 6.10 Å². The van der Waals surface area contributed by atoms with E-state index in [2.05, 4.69) is 19.6 Å². The fraction of sp³-hybridized carbons (Fsp3) is 0.643. The maximum atomic E-state index is 10.8. The van der Waals surface area contributed by atoms with Gasteiger partial charge < -0.3 is 9.90 Å². The summed E-state index contributed by atoms with van der Waals surface area (Å²) in [6, 6.07) is 0. The minimum absolute atomic E-state index is 0.190. The molecule has 2 nitrogen and oxygen atoms in total. The number of carbonyl (C=O) groups excluding carboxylic acids is 1. The molecule has 2 heteroatoms. The lowest BCUT2D eigenvalue weighted by Gasteiger charge is -2.25. The van der Waals surface area contributed by atoms with Crippen molar-refractivity contribution in [3.63, 3.8) is 0 Å². The molecule has 1 aliphatic rings. The van der Waals surface area contributed by atoms with Crippen molar-refractivity contribution < 1.29 is 9.90 Å². The quantitative estimate of drug-likeness (QED) is 0.573. The lowest BCUT2D eigenvalue weighted by atomic mass is 9.80. The van der Waals surface area contributed by atoms with Gasteiger partial charge in [-0.2, -0.15) is 0 Å². The Balaban J connectivity index is 2.42. The summed E-state index contributed by atoms with van der Waals surface area (Å²) >= 11 is 0. The average molecular weight is 222 g/mol. The predicted octanol–water partition coefficient (Wildman–Crippen LogP) is 2.88. The Morgan fingerprint density at radius 1 is 1.75 bits per heavy atom. The van der Waals surface area contributed by atoms with Gasteiger partial charge in [0.25, 0.3) is 0 Å². The van der Waals surface area contributed by atoms with Crippen molar-refractivity contribution in [1.29, 1.82) is 0 Å². The SMILES string of the molecule is C=C(C)C(O)CCC1=CCC(C=O)C(C)C1. The lowest BCUT2D eigenvalue weighted by Crippen LogP contribution is -2.18. The van der Waals surface area contributed by atoms with Gasteiger partial charge in [-0.3, -0.25) is 0 Å². The molecule has 0 saturated carbocycles. The first-order chi connectivity index (χ1) is 7.54. The molecule has 16 heavy (non-hydrogen) atoms. The highest BCUT2D eigenvalue weighted by molar-refractivity contribution is 5.55. The monoisotopic (exact) mass is 222 g/mol. The van der Waals surface area contributed by atoms with Crippen molar-refractivity contribution in [3.05, 3.63) is 23.8 Å². The van der Waals surface area contributed by atoms with E-state index in [1.165, 1.54) is 5.57 Å². The van der Waals surface area contributed by atoms with Crippen LogP contribution in [0.3, 0.4) is 0 Å². The van der Waals surface area contributed by atoms with Crippen LogP contribution in [0.5, 0.6) is 0 Å². The van der Waals surface area contributed by atoms with E-state index in [9.17, 15) is 9.90 Å². The van der Waals surface area contributed by atoms with Gasteiger partial charge >= 0.3 is 0 Å². The van der Waals surface area contributed by atoms with E-state index in [-0.39, 0.29) is 12.0 Å². The summed E-state index contributed by atoms with van der Waals surface area (Å²) in [6.07, 6.45) is 6.38. The first kappa shape index (κ1) is 13.2. The molecule has 0 aromatic rings. The Labute approximate surface area is 98.1 Å². The molecule has 1 rings (SSSR count). The highest BCUT2D eigenvalue weighted by atomic mass is 16.3. The van der Waals surface area contributed by atoms with Crippen LogP contribution in [0.2, 0.25) is 0 Å². The number of rotatable bonds is 5. The second-order valence-corrected chi connectivity index (χ2v) is 4.98. The van der Waals surface area contributed by atoms with Gasteiger partial charge in [0, 0.05) is 5.92 Å². The number of allylic oxidation sites excluding steroid dienone is 2. The van der Waals surface area contributed by atoms with Crippen LogP contribution in [0.4, 0.5) is 0 Å². The molecule has 1 N–H and O–H groups in total. The van der Waals surface area contributed by atoms with Gasteiger partial charge in [-0.25, -0.2) is 0 Å². The fourth-order valence-corrected chi connectivity index (χ4v) is 2.15. The molecule has 3 unspecified atom stereocenters. The summed E-state index contributed by atoms with van der Waals surface area (Å²) in [7, 11) is 0. The Bertz CT molecular complexity index is 291. The number of hydrogen-bond donors (Lipinski definition) is 1. The Morgan fingerprint density at radius 3 is 2.94 bits per heavy atom. The second-order valence-electron chi connectivity index (χ2n) is 4.98. The third-order valence-electron chi connectivity index (χ3n) is 3.48. The summed E-state index contributed by atoms with van der Waals surface area (Å²) < 4.78 is 0. The van der Waals surface area contributed by atoms with Gasteiger partial charge in [-0.15, -0.1) is 0 Å². The normalized spacial score (nSPS) is 27.1. The number of hydrogen-bond acceptors (Lipinski definition) is 2. The van der Waals surface area contributed by atoms with Crippen LogP contribution >= 0.6 is 0 Å². The molecule has 0 fully saturated rings. The van der Waals surface area contributed by atoms with Gasteiger partial charge in [0.15, 0.2) is 0 Å². The molecule has 0 spiro atoms. The molecule has 0 saturated heterocycles. The van der Waals surface area contributed by atoms with Crippen molar-refractivity contribution in [2.45, 2.75) is 45.6 Å². The smallest absolute Gasteiger partial charge is 0.123 e. The van der Waals surface area contributed by atoms with Crippen LogP contribution in [0.15, 0.2) is 23.8 Å². The van der Waals surface area contributed by atoms with Crippen LogP contribution in [-0.4, -0.2) is 17.5 Å². The largest absolute Gasteiger partial charge is 0.389 e. The van der Waals surface area contributed by atoms with Crippen molar-refractivity contribution in [2.75, 3.05) is 0 Å². The highest BCUT2D eigenvalue weighted by Crippen LogP contribution is 2.30. The van der Waals surface area contributed by atoms with Crippen LogP contribution < -0.4 is 0 Å². The Hall–Kier alpha value is -0.890. The van der Waals surface area contributed by atoms with E-state index in [0.29, 0.717) is 5.92 Å². The second kappa shape index (κ2) is 6.00. The number of aliphatic hydroxyl groups is 1. The summed E-state index contributed by atoms with van der Waals surface area (Å²) in [4.78, 5) is 10.8. The zero-order valence-corrected chi connectivity index (χ0v) is 10.3. The third kappa shape index (κ3) is 3.60. The zero-order valence-electron chi connectivity index (χ0n) is 10.3. The molecule has 1 aliphatic carbocycles. The fourth-order valence-electron chi connectivity index (χ4n) is 2.15. The maximum Gasteiger partial charge on any atom is 0.123 e. The maximum absolute atomic E-state index is 10.8. The molecule has 0 aromatic heterocycles. The van der Waals surface area contributed by atoms with Gasteiger partial charge in [0.1, 0.15) is 6.29 Å². The van der Waals surface area contributed by atoms with Crippen molar-refractivity contribution in [2.24, 2.45) is 11.8 Å². The molecule has 0 heterocycles. The van der Waals surface area contributed by atoms with Crippen LogP contribution in [0.1, 0.15) is 39.5 Å². The van der Waals surface area contributed by atoms with E-state index in [1.807, 2.05) is 6.92 Å². The minimum atomic E-state index is -0.389. The zero-order chi connectivity index (χ0) is 12.1. The van der Waals surface area contributed by atoms with Crippen molar-refractivity contribution in [1.82, 2.24) is 0 Å². The molecular weight excluding hydrogens is 200 g/mol. The minimum Gasteiger partial charge on any atom is -0.389 e. The van der Waals surface area contributed by atoms with Crippen molar-refractivity contribution >= 4 is 6.29 Å². The van der Waals surface area contributed by atoms with E-state index in [0.717, 1.165) is 37.5 Å². The molecule has 0 aromatic carbocycles. The van der Waals surface area contributed by atoms with Crippen LogP contribution in [-0.2, 0) is 4.79 Å². The topological polar surface area (TPSA) is 37.3 Å². The standard InChI is InChI=1S/C14H22O2/c1-10(2)14(16)7-5-12-4-6-13(9-15)11(3)8-12/h4,9,11,13-14,16H,1,5-8H2,2-3H3. The first-order valence-corrected chi connectivity index (χ1v) is 6.01.